The number of benzene rings is 3. The third-order valence-electron chi connectivity index (χ3n) is 5.07. The van der Waals surface area contributed by atoms with Crippen LogP contribution in [0.15, 0.2) is 77.7 Å². The summed E-state index contributed by atoms with van der Waals surface area (Å²) in [5.41, 5.74) is 2.29. The minimum absolute atomic E-state index is 0.0256. The first-order valence-corrected chi connectivity index (χ1v) is 11.2. The van der Waals surface area contributed by atoms with E-state index in [1.165, 1.54) is 48.5 Å². The lowest BCUT2D eigenvalue weighted by Crippen LogP contribution is -2.39. The number of fused-ring (bicyclic) bond motifs is 1. The second-order valence-corrected chi connectivity index (χ2v) is 9.00. The highest BCUT2D eigenvalue weighted by Gasteiger charge is 2.30. The lowest BCUT2D eigenvalue weighted by molar-refractivity contribution is -0.120. The molecule has 0 bridgehead atoms. The average molecular weight is 440 g/mol. The van der Waals surface area contributed by atoms with E-state index in [0.717, 1.165) is 17.7 Å². The summed E-state index contributed by atoms with van der Waals surface area (Å²) < 4.78 is 45.9. The van der Waals surface area contributed by atoms with E-state index < -0.39 is 15.8 Å². The van der Waals surface area contributed by atoms with Gasteiger partial charge in [0.25, 0.3) is 15.9 Å². The molecule has 31 heavy (non-hydrogen) atoms. The molecule has 3 aromatic carbocycles. The van der Waals surface area contributed by atoms with Crippen molar-refractivity contribution in [2.24, 2.45) is 0 Å². The fourth-order valence-electron chi connectivity index (χ4n) is 3.61. The largest absolute Gasteiger partial charge is 0.484 e. The van der Waals surface area contributed by atoms with Crippen LogP contribution in [-0.2, 0) is 21.2 Å². The molecule has 0 aliphatic carbocycles. The van der Waals surface area contributed by atoms with Crippen LogP contribution >= 0.6 is 0 Å². The van der Waals surface area contributed by atoms with E-state index >= 15 is 0 Å². The number of hydrogen-bond acceptors (Lipinski definition) is 4. The van der Waals surface area contributed by atoms with Crippen LogP contribution in [0, 0.1) is 5.82 Å². The van der Waals surface area contributed by atoms with Gasteiger partial charge in [0.2, 0.25) is 0 Å². The number of sulfonamides is 1. The van der Waals surface area contributed by atoms with Crippen molar-refractivity contribution < 1.29 is 22.3 Å². The van der Waals surface area contributed by atoms with Gasteiger partial charge < -0.3 is 9.64 Å². The number of carbonyl (C=O) groups excluding carboxylic acids is 1. The van der Waals surface area contributed by atoms with Crippen molar-refractivity contribution in [1.82, 2.24) is 0 Å². The Labute approximate surface area is 180 Å². The van der Waals surface area contributed by atoms with Gasteiger partial charge in [-0.05, 0) is 73.5 Å². The summed E-state index contributed by atoms with van der Waals surface area (Å²) in [6.45, 7) is 1.84. The van der Waals surface area contributed by atoms with E-state index in [9.17, 15) is 17.6 Å². The summed E-state index contributed by atoms with van der Waals surface area (Å²) in [7, 11) is -3.83. The van der Waals surface area contributed by atoms with Crippen LogP contribution in [0.25, 0.3) is 0 Å². The van der Waals surface area contributed by atoms with Crippen LogP contribution in [-0.4, -0.2) is 27.0 Å². The van der Waals surface area contributed by atoms with Gasteiger partial charge in [-0.1, -0.05) is 18.2 Å². The number of hydrogen-bond donors (Lipinski definition) is 1. The van der Waals surface area contributed by atoms with Crippen LogP contribution in [0.5, 0.6) is 5.75 Å². The van der Waals surface area contributed by atoms with Gasteiger partial charge in [-0.3, -0.25) is 9.52 Å². The van der Waals surface area contributed by atoms with E-state index in [4.69, 9.17) is 4.74 Å². The molecule has 4 rings (SSSR count). The van der Waals surface area contributed by atoms with E-state index in [-0.39, 0.29) is 29.1 Å². The minimum Gasteiger partial charge on any atom is -0.484 e. The van der Waals surface area contributed by atoms with Gasteiger partial charge >= 0.3 is 0 Å². The monoisotopic (exact) mass is 440 g/mol. The van der Waals surface area contributed by atoms with Gasteiger partial charge in [-0.15, -0.1) is 0 Å². The summed E-state index contributed by atoms with van der Waals surface area (Å²) >= 11 is 0. The highest BCUT2D eigenvalue weighted by Crippen LogP contribution is 2.32. The fourth-order valence-corrected chi connectivity index (χ4v) is 4.67. The number of rotatable bonds is 6. The Hall–Kier alpha value is -3.39. The Morgan fingerprint density at radius 1 is 1.06 bits per heavy atom. The van der Waals surface area contributed by atoms with E-state index in [1.54, 1.807) is 4.90 Å². The molecule has 1 heterocycles. The van der Waals surface area contributed by atoms with Crippen molar-refractivity contribution in [2.45, 2.75) is 24.3 Å². The molecule has 0 fully saturated rings. The van der Waals surface area contributed by atoms with Crippen LogP contribution in [0.4, 0.5) is 15.8 Å². The topological polar surface area (TPSA) is 75.7 Å². The Morgan fingerprint density at radius 3 is 2.45 bits per heavy atom. The number of nitrogens with zero attached hydrogens (tertiary/aromatic N) is 1. The molecular formula is C23H21FN2O4S. The second-order valence-electron chi connectivity index (χ2n) is 7.32. The SMILES string of the molecule is CC1Cc2ccccc2N1C(=O)COc1ccc(S(=O)(=O)Nc2ccc(F)cc2)cc1. The Morgan fingerprint density at radius 2 is 1.74 bits per heavy atom. The predicted molar refractivity (Wildman–Crippen MR) is 116 cm³/mol. The van der Waals surface area contributed by atoms with Gasteiger partial charge in [0, 0.05) is 17.4 Å². The summed E-state index contributed by atoms with van der Waals surface area (Å²) in [5.74, 6) is -0.229. The van der Waals surface area contributed by atoms with Gasteiger partial charge in [-0.2, -0.15) is 0 Å². The lowest BCUT2D eigenvalue weighted by atomic mass is 10.1. The Balaban J connectivity index is 1.40. The first kappa shape index (κ1) is 20.9. The predicted octanol–water partition coefficient (Wildman–Crippen LogP) is 3.98. The lowest BCUT2D eigenvalue weighted by Gasteiger charge is -2.22. The van der Waals surface area contributed by atoms with Gasteiger partial charge in [0.15, 0.2) is 6.61 Å². The molecule has 160 valence electrons. The molecule has 8 heteroatoms. The maximum absolute atomic E-state index is 13.0. The number of ether oxygens (including phenoxy) is 1. The first-order chi connectivity index (χ1) is 14.8. The molecule has 1 amide bonds. The fraction of sp³-hybridized carbons (Fsp3) is 0.174. The summed E-state index contributed by atoms with van der Waals surface area (Å²) in [5, 5.41) is 0. The first-order valence-electron chi connectivity index (χ1n) is 9.75. The number of amides is 1. The Bertz CT molecular complexity index is 1200. The summed E-state index contributed by atoms with van der Waals surface area (Å²) in [4.78, 5) is 14.5. The molecule has 1 N–H and O–H groups in total. The summed E-state index contributed by atoms with van der Waals surface area (Å²) in [6, 6.07) is 18.6. The van der Waals surface area contributed by atoms with Gasteiger partial charge in [0.05, 0.1) is 4.90 Å². The molecule has 0 aromatic heterocycles. The molecule has 0 spiro atoms. The van der Waals surface area contributed by atoms with E-state index in [1.807, 2.05) is 31.2 Å². The molecular weight excluding hydrogens is 419 g/mol. The highest BCUT2D eigenvalue weighted by atomic mass is 32.2. The summed E-state index contributed by atoms with van der Waals surface area (Å²) in [6.07, 6.45) is 0.801. The Kier molecular flexibility index (Phi) is 5.65. The van der Waals surface area contributed by atoms with Crippen molar-refractivity contribution in [2.75, 3.05) is 16.2 Å². The molecule has 0 radical (unpaired) electrons. The van der Waals surface area contributed by atoms with Crippen LogP contribution < -0.4 is 14.4 Å². The van der Waals surface area contributed by atoms with Crippen molar-refractivity contribution in [1.29, 1.82) is 0 Å². The van der Waals surface area contributed by atoms with Crippen molar-refractivity contribution in [3.8, 4) is 5.75 Å². The zero-order valence-corrected chi connectivity index (χ0v) is 17.6. The number of para-hydroxylation sites is 1. The number of carbonyl (C=O) groups is 1. The molecule has 1 atom stereocenters. The maximum atomic E-state index is 13.0. The molecule has 0 saturated heterocycles. The molecule has 1 aliphatic heterocycles. The average Bonchev–Trinajstić information content (AvgIpc) is 3.09. The number of halogens is 1. The normalized spacial score (nSPS) is 15.4. The van der Waals surface area contributed by atoms with Crippen molar-refractivity contribution in [3.05, 3.63) is 84.2 Å². The highest BCUT2D eigenvalue weighted by molar-refractivity contribution is 7.92. The van der Waals surface area contributed by atoms with Crippen molar-refractivity contribution >= 4 is 27.3 Å². The second kappa shape index (κ2) is 8.39. The molecule has 1 aliphatic rings. The van der Waals surface area contributed by atoms with Crippen molar-refractivity contribution in [3.63, 3.8) is 0 Å². The van der Waals surface area contributed by atoms with Crippen LogP contribution in [0.3, 0.4) is 0 Å². The zero-order chi connectivity index (χ0) is 22.0. The maximum Gasteiger partial charge on any atom is 0.265 e. The van der Waals surface area contributed by atoms with Gasteiger partial charge in [0.1, 0.15) is 11.6 Å². The van der Waals surface area contributed by atoms with Gasteiger partial charge in [-0.25, -0.2) is 12.8 Å². The molecule has 3 aromatic rings. The van der Waals surface area contributed by atoms with Crippen LogP contribution in [0.2, 0.25) is 0 Å². The number of anilines is 2. The zero-order valence-electron chi connectivity index (χ0n) is 16.8. The minimum atomic E-state index is -3.83. The van der Waals surface area contributed by atoms with Crippen LogP contribution in [0.1, 0.15) is 12.5 Å². The number of nitrogens with one attached hydrogen (secondary N) is 1. The van der Waals surface area contributed by atoms with E-state index in [0.29, 0.717) is 5.75 Å². The standard InChI is InChI=1S/C23H21FN2O4S/c1-16-14-17-4-2-3-5-22(17)26(16)23(27)15-30-20-10-12-21(13-11-20)31(28,29)25-19-8-6-18(24)7-9-19/h2-13,16,25H,14-15H2,1H3. The third kappa shape index (κ3) is 4.54. The molecule has 1 unspecified atom stereocenters. The smallest absolute Gasteiger partial charge is 0.265 e. The van der Waals surface area contributed by atoms with E-state index in [2.05, 4.69) is 4.72 Å². The molecule has 6 nitrogen and oxygen atoms in total. The molecule has 0 saturated carbocycles. The third-order valence-corrected chi connectivity index (χ3v) is 6.47. The quantitative estimate of drug-likeness (QED) is 0.629.